The second kappa shape index (κ2) is 13.1. The number of amides is 3. The Morgan fingerprint density at radius 3 is 2.44 bits per heavy atom. The molecule has 43 heavy (non-hydrogen) atoms. The third kappa shape index (κ3) is 7.90. The number of benzene rings is 1. The number of thiazole rings is 1. The number of hydrogen-bond donors (Lipinski definition) is 2. The summed E-state index contributed by atoms with van der Waals surface area (Å²) in [5, 5.41) is 5.74. The average molecular weight is 612 g/mol. The molecule has 2 saturated heterocycles. The molecule has 4 heterocycles. The second-order valence-electron chi connectivity index (χ2n) is 10.7. The first kappa shape index (κ1) is 30.5. The summed E-state index contributed by atoms with van der Waals surface area (Å²) in [7, 11) is 2.15. The molecule has 3 aromatic rings. The van der Waals surface area contributed by atoms with E-state index in [1.807, 2.05) is 11.8 Å². The fourth-order valence-electron chi connectivity index (χ4n) is 5.07. The van der Waals surface area contributed by atoms with Gasteiger partial charge in [0.2, 0.25) is 0 Å². The third-order valence-corrected chi connectivity index (χ3v) is 8.50. The second-order valence-corrected chi connectivity index (χ2v) is 11.7. The van der Waals surface area contributed by atoms with E-state index in [0.717, 1.165) is 62.9 Å². The Balaban J connectivity index is 1.17. The largest absolute Gasteiger partial charge is 0.416 e. The minimum atomic E-state index is -4.55. The zero-order chi connectivity index (χ0) is 30.6. The first-order valence-electron chi connectivity index (χ1n) is 14.0. The lowest BCUT2D eigenvalue weighted by atomic mass is 10.0. The molecule has 2 aliphatic rings. The topological polar surface area (TPSA) is 93.7 Å². The molecule has 0 unspecified atom stereocenters. The molecule has 0 saturated carbocycles. The van der Waals surface area contributed by atoms with Crippen molar-refractivity contribution in [2.24, 2.45) is 0 Å². The van der Waals surface area contributed by atoms with Crippen LogP contribution in [0.15, 0.2) is 42.7 Å². The van der Waals surface area contributed by atoms with Crippen LogP contribution in [0.5, 0.6) is 0 Å². The predicted molar refractivity (Wildman–Crippen MR) is 159 cm³/mol. The van der Waals surface area contributed by atoms with Crippen LogP contribution >= 0.6 is 11.3 Å². The van der Waals surface area contributed by atoms with Crippen LogP contribution < -0.4 is 10.6 Å². The van der Waals surface area contributed by atoms with Crippen molar-refractivity contribution in [1.29, 1.82) is 0 Å². The van der Waals surface area contributed by atoms with Gasteiger partial charge in [0.25, 0.3) is 5.91 Å². The Kier molecular flexibility index (Phi) is 9.29. The molecule has 0 aliphatic carbocycles. The summed E-state index contributed by atoms with van der Waals surface area (Å²) in [6, 6.07) is 6.82. The smallest absolute Gasteiger partial charge is 0.324 e. The van der Waals surface area contributed by atoms with Crippen molar-refractivity contribution < 1.29 is 22.8 Å². The molecule has 2 aromatic heterocycles. The van der Waals surface area contributed by atoms with Gasteiger partial charge in [0.15, 0.2) is 5.13 Å². The molecule has 3 amide bonds. The minimum Gasteiger partial charge on any atom is -0.324 e. The van der Waals surface area contributed by atoms with Gasteiger partial charge in [-0.15, -0.1) is 0 Å². The number of likely N-dealkylation sites (tertiary alicyclic amines) is 1. The van der Waals surface area contributed by atoms with Crippen molar-refractivity contribution in [3.05, 3.63) is 69.9 Å². The maximum Gasteiger partial charge on any atom is 0.416 e. The zero-order valence-electron chi connectivity index (χ0n) is 23.9. The minimum absolute atomic E-state index is 0.171. The van der Waals surface area contributed by atoms with E-state index >= 15 is 0 Å². The lowest BCUT2D eigenvalue weighted by Gasteiger charge is -2.41. The number of urea groups is 1. The number of likely N-dealkylation sites (N-methyl/N-ethyl adjacent to an activating group) is 1. The summed E-state index contributed by atoms with van der Waals surface area (Å²) in [5.74, 6) is 5.25. The Morgan fingerprint density at radius 2 is 1.72 bits per heavy atom. The van der Waals surface area contributed by atoms with E-state index in [9.17, 15) is 22.8 Å². The van der Waals surface area contributed by atoms with Gasteiger partial charge in [-0.25, -0.2) is 14.8 Å². The maximum atomic E-state index is 13.0. The maximum absolute atomic E-state index is 13.0. The van der Waals surface area contributed by atoms with Crippen molar-refractivity contribution in [1.82, 2.24) is 24.7 Å². The number of carbonyl (C=O) groups is 2. The van der Waals surface area contributed by atoms with E-state index in [0.29, 0.717) is 34.7 Å². The Labute approximate surface area is 252 Å². The normalized spacial score (nSPS) is 16.8. The standard InChI is InChI=1S/C30H32F3N7O2S/c1-20-3-4-22(27(41)36-26-18-23(7-10-34-26)30(31,32)33)17-21(20)5-6-25-19-35-28(43-25)37-29(42)40-11-8-24(9-12-40)39-15-13-38(2)14-16-39/h3-4,7,10,17-19,24H,8-9,11-16H2,1-2H3,(H,34,36,41)(H,35,37,42). The molecule has 0 bridgehead atoms. The van der Waals surface area contributed by atoms with Crippen LogP contribution in [-0.2, 0) is 6.18 Å². The molecule has 13 heteroatoms. The van der Waals surface area contributed by atoms with Crippen molar-refractivity contribution in [2.75, 3.05) is 56.9 Å². The molecular weight excluding hydrogens is 579 g/mol. The number of aromatic nitrogens is 2. The lowest BCUT2D eigenvalue weighted by Crippen LogP contribution is -2.53. The monoisotopic (exact) mass is 611 g/mol. The molecular formula is C30H32F3N7O2S. The number of nitrogens with one attached hydrogen (secondary N) is 2. The predicted octanol–water partition coefficient (Wildman–Crippen LogP) is 4.76. The van der Waals surface area contributed by atoms with E-state index in [-0.39, 0.29) is 17.4 Å². The van der Waals surface area contributed by atoms with Crippen LogP contribution in [0.3, 0.4) is 0 Å². The number of halogens is 3. The molecule has 5 rings (SSSR count). The van der Waals surface area contributed by atoms with Crippen LogP contribution in [0.1, 0.15) is 44.8 Å². The first-order chi connectivity index (χ1) is 20.5. The number of carbonyl (C=O) groups excluding carboxylic acids is 2. The highest BCUT2D eigenvalue weighted by molar-refractivity contribution is 7.16. The third-order valence-electron chi connectivity index (χ3n) is 7.67. The Morgan fingerprint density at radius 1 is 0.977 bits per heavy atom. The van der Waals surface area contributed by atoms with Gasteiger partial charge in [-0.2, -0.15) is 13.2 Å². The number of piperidine rings is 1. The number of alkyl halides is 3. The summed E-state index contributed by atoms with van der Waals surface area (Å²) in [6.45, 7) is 7.55. The van der Waals surface area contributed by atoms with E-state index in [4.69, 9.17) is 0 Å². The molecule has 2 N–H and O–H groups in total. The van der Waals surface area contributed by atoms with Gasteiger partial charge in [0, 0.05) is 62.6 Å². The summed E-state index contributed by atoms with van der Waals surface area (Å²) < 4.78 is 39.0. The molecule has 0 atom stereocenters. The fraction of sp³-hybridized carbons (Fsp3) is 0.400. The average Bonchev–Trinajstić information content (AvgIpc) is 3.44. The van der Waals surface area contributed by atoms with Crippen molar-refractivity contribution in [3.8, 4) is 11.8 Å². The fourth-order valence-corrected chi connectivity index (χ4v) is 5.73. The summed E-state index contributed by atoms with van der Waals surface area (Å²) in [5.41, 5.74) is 0.716. The highest BCUT2D eigenvalue weighted by Crippen LogP contribution is 2.30. The van der Waals surface area contributed by atoms with E-state index in [2.05, 4.69) is 49.3 Å². The molecule has 0 spiro atoms. The molecule has 0 radical (unpaired) electrons. The van der Waals surface area contributed by atoms with Crippen molar-refractivity contribution in [3.63, 3.8) is 0 Å². The highest BCUT2D eigenvalue weighted by atomic mass is 32.1. The summed E-state index contributed by atoms with van der Waals surface area (Å²) in [6.07, 6.45) is -0.0565. The molecule has 226 valence electrons. The quantitative estimate of drug-likeness (QED) is 0.414. The van der Waals surface area contributed by atoms with Crippen LogP contribution in [0.4, 0.5) is 28.9 Å². The molecule has 1 aromatic carbocycles. The molecule has 2 fully saturated rings. The number of pyridine rings is 1. The Bertz CT molecular complexity index is 1530. The van der Waals surface area contributed by atoms with E-state index in [1.165, 1.54) is 11.3 Å². The van der Waals surface area contributed by atoms with E-state index < -0.39 is 17.6 Å². The van der Waals surface area contributed by atoms with Gasteiger partial charge in [-0.3, -0.25) is 15.0 Å². The van der Waals surface area contributed by atoms with Crippen LogP contribution in [0, 0.1) is 18.8 Å². The number of anilines is 2. The first-order valence-corrected chi connectivity index (χ1v) is 14.8. The van der Waals surface area contributed by atoms with Gasteiger partial charge < -0.3 is 15.1 Å². The zero-order valence-corrected chi connectivity index (χ0v) is 24.7. The molecule has 9 nitrogen and oxygen atoms in total. The summed E-state index contributed by atoms with van der Waals surface area (Å²) in [4.78, 5) is 41.0. The highest BCUT2D eigenvalue weighted by Gasteiger charge is 2.31. The number of nitrogens with zero attached hydrogens (tertiary/aromatic N) is 5. The van der Waals surface area contributed by atoms with Crippen molar-refractivity contribution in [2.45, 2.75) is 32.0 Å². The summed E-state index contributed by atoms with van der Waals surface area (Å²) >= 11 is 1.25. The molecule has 2 aliphatic heterocycles. The SMILES string of the molecule is Cc1ccc(C(=O)Nc2cc(C(F)(F)F)ccn2)cc1C#Cc1cnc(NC(=O)N2CCC(N3CCN(C)CC3)CC2)s1. The van der Waals surface area contributed by atoms with E-state index in [1.54, 1.807) is 24.4 Å². The van der Waals surface area contributed by atoms with Gasteiger partial charge in [-0.1, -0.05) is 23.3 Å². The van der Waals surface area contributed by atoms with Crippen LogP contribution in [0.2, 0.25) is 0 Å². The number of aryl methyl sites for hydroxylation is 1. The van der Waals surface area contributed by atoms with Gasteiger partial charge >= 0.3 is 12.2 Å². The van der Waals surface area contributed by atoms with Crippen LogP contribution in [-0.4, -0.2) is 89.0 Å². The van der Waals surface area contributed by atoms with Crippen LogP contribution in [0.25, 0.3) is 0 Å². The van der Waals surface area contributed by atoms with Gasteiger partial charge in [-0.05, 0) is 62.6 Å². The number of piperazine rings is 1. The van der Waals surface area contributed by atoms with Crippen molar-refractivity contribution >= 4 is 34.2 Å². The number of hydrogen-bond acceptors (Lipinski definition) is 7. The Hall–Kier alpha value is -3.99. The van der Waals surface area contributed by atoms with Gasteiger partial charge in [0.1, 0.15) is 5.82 Å². The number of rotatable bonds is 4. The lowest BCUT2D eigenvalue weighted by molar-refractivity contribution is -0.137. The van der Waals surface area contributed by atoms with Gasteiger partial charge in [0.05, 0.1) is 16.6 Å².